The van der Waals surface area contributed by atoms with E-state index in [1.807, 2.05) is 36.4 Å². The third-order valence-electron chi connectivity index (χ3n) is 2.56. The number of pyridine rings is 1. The lowest BCUT2D eigenvalue weighted by Crippen LogP contribution is -1.97. The predicted octanol–water partition coefficient (Wildman–Crippen LogP) is 1.56. The number of nitrogens with two attached hydrogens (primary N) is 2. The van der Waals surface area contributed by atoms with Gasteiger partial charge in [0.05, 0.1) is 0 Å². The molecule has 17 heavy (non-hydrogen) atoms. The van der Waals surface area contributed by atoms with Crippen molar-refractivity contribution >= 4 is 17.2 Å². The first-order chi connectivity index (χ1) is 8.24. The van der Waals surface area contributed by atoms with Crippen LogP contribution in [0.25, 0.3) is 17.0 Å². The summed E-state index contributed by atoms with van der Waals surface area (Å²) >= 11 is 0. The zero-order valence-electron chi connectivity index (χ0n) is 9.04. The molecule has 0 saturated carbocycles. The molecule has 0 unspecified atom stereocenters. The van der Waals surface area contributed by atoms with Crippen LogP contribution in [0.2, 0.25) is 0 Å². The lowest BCUT2D eigenvalue weighted by Gasteiger charge is -1.95. The molecule has 0 radical (unpaired) electrons. The molecule has 0 saturated heterocycles. The summed E-state index contributed by atoms with van der Waals surface area (Å²) in [7, 11) is 0. The van der Waals surface area contributed by atoms with Gasteiger partial charge < -0.3 is 11.5 Å². The van der Waals surface area contributed by atoms with Crippen molar-refractivity contribution in [3.8, 4) is 11.4 Å². The predicted molar refractivity (Wildman–Crippen MR) is 67.2 cm³/mol. The van der Waals surface area contributed by atoms with E-state index in [1.54, 1.807) is 10.6 Å². The van der Waals surface area contributed by atoms with Crippen LogP contribution in [0.3, 0.4) is 0 Å². The quantitative estimate of drug-likeness (QED) is 0.616. The number of nitrogen functional groups attached to an aromatic ring is 2. The molecule has 4 N–H and O–H groups in total. The summed E-state index contributed by atoms with van der Waals surface area (Å²) in [5.41, 5.74) is 13.8. The zero-order valence-corrected chi connectivity index (χ0v) is 9.04. The van der Waals surface area contributed by atoms with Crippen LogP contribution in [0.15, 0.2) is 42.5 Å². The SMILES string of the molecule is Nc1ccc(-c2nc3cccc(N)n3n2)cc1. The van der Waals surface area contributed by atoms with Crippen LogP contribution in [0.1, 0.15) is 0 Å². The smallest absolute Gasteiger partial charge is 0.182 e. The van der Waals surface area contributed by atoms with Crippen LogP contribution in [-0.4, -0.2) is 14.6 Å². The minimum absolute atomic E-state index is 0.566. The summed E-state index contributed by atoms with van der Waals surface area (Å²) in [4.78, 5) is 4.40. The van der Waals surface area contributed by atoms with Crippen molar-refractivity contribution < 1.29 is 0 Å². The van der Waals surface area contributed by atoms with Gasteiger partial charge in [-0.15, -0.1) is 5.10 Å². The van der Waals surface area contributed by atoms with Gasteiger partial charge in [0.2, 0.25) is 0 Å². The Bertz CT molecular complexity index is 669. The van der Waals surface area contributed by atoms with E-state index in [9.17, 15) is 0 Å². The average Bonchev–Trinajstić information content (AvgIpc) is 2.75. The molecule has 0 atom stereocenters. The molecular weight excluding hydrogens is 214 g/mol. The molecule has 0 aliphatic carbocycles. The summed E-state index contributed by atoms with van der Waals surface area (Å²) in [5.74, 6) is 1.21. The number of hydrogen-bond acceptors (Lipinski definition) is 4. The Hall–Kier alpha value is -2.56. The molecule has 0 amide bonds. The van der Waals surface area contributed by atoms with Crippen LogP contribution in [0.4, 0.5) is 11.5 Å². The van der Waals surface area contributed by atoms with E-state index in [1.165, 1.54) is 0 Å². The first-order valence-electron chi connectivity index (χ1n) is 5.21. The van der Waals surface area contributed by atoms with Crippen molar-refractivity contribution in [2.24, 2.45) is 0 Å². The van der Waals surface area contributed by atoms with Crippen molar-refractivity contribution in [3.63, 3.8) is 0 Å². The molecule has 3 rings (SSSR count). The van der Waals surface area contributed by atoms with Gasteiger partial charge in [0.1, 0.15) is 5.82 Å². The highest BCUT2D eigenvalue weighted by atomic mass is 15.3. The van der Waals surface area contributed by atoms with E-state index in [2.05, 4.69) is 10.1 Å². The van der Waals surface area contributed by atoms with E-state index < -0.39 is 0 Å². The van der Waals surface area contributed by atoms with Gasteiger partial charge in [-0.05, 0) is 36.4 Å². The van der Waals surface area contributed by atoms with Crippen LogP contribution >= 0.6 is 0 Å². The number of anilines is 2. The zero-order chi connectivity index (χ0) is 11.8. The molecule has 0 aliphatic rings. The minimum atomic E-state index is 0.566. The molecule has 1 aromatic carbocycles. The van der Waals surface area contributed by atoms with Crippen LogP contribution in [0.5, 0.6) is 0 Å². The minimum Gasteiger partial charge on any atom is -0.399 e. The lowest BCUT2D eigenvalue weighted by atomic mass is 10.2. The van der Waals surface area contributed by atoms with E-state index in [-0.39, 0.29) is 0 Å². The number of fused-ring (bicyclic) bond motifs is 1. The van der Waals surface area contributed by atoms with E-state index >= 15 is 0 Å². The number of rotatable bonds is 1. The Morgan fingerprint density at radius 2 is 1.71 bits per heavy atom. The van der Waals surface area contributed by atoms with Crippen molar-refractivity contribution in [1.29, 1.82) is 0 Å². The Morgan fingerprint density at radius 1 is 0.941 bits per heavy atom. The molecule has 2 heterocycles. The van der Waals surface area contributed by atoms with Gasteiger partial charge in [0.25, 0.3) is 0 Å². The molecule has 5 nitrogen and oxygen atoms in total. The van der Waals surface area contributed by atoms with Gasteiger partial charge in [0, 0.05) is 11.3 Å². The van der Waals surface area contributed by atoms with Gasteiger partial charge in [-0.1, -0.05) is 6.07 Å². The number of nitrogens with zero attached hydrogens (tertiary/aromatic N) is 3. The van der Waals surface area contributed by atoms with Gasteiger partial charge in [-0.25, -0.2) is 4.98 Å². The monoisotopic (exact) mass is 225 g/mol. The molecule has 84 valence electrons. The second kappa shape index (κ2) is 3.48. The highest BCUT2D eigenvalue weighted by Crippen LogP contribution is 2.18. The molecule has 0 aliphatic heterocycles. The van der Waals surface area contributed by atoms with Crippen molar-refractivity contribution in [2.45, 2.75) is 0 Å². The van der Waals surface area contributed by atoms with E-state index in [0.717, 1.165) is 16.9 Å². The summed E-state index contributed by atoms with van der Waals surface area (Å²) in [6, 6.07) is 12.9. The fraction of sp³-hybridized carbons (Fsp3) is 0. The fourth-order valence-corrected chi connectivity index (χ4v) is 1.68. The molecule has 5 heteroatoms. The Labute approximate surface area is 97.7 Å². The normalized spacial score (nSPS) is 10.8. The molecule has 0 fully saturated rings. The third kappa shape index (κ3) is 1.57. The number of benzene rings is 1. The highest BCUT2D eigenvalue weighted by Gasteiger charge is 2.07. The van der Waals surface area contributed by atoms with Gasteiger partial charge in [-0.3, -0.25) is 0 Å². The van der Waals surface area contributed by atoms with E-state index in [4.69, 9.17) is 11.5 Å². The fourth-order valence-electron chi connectivity index (χ4n) is 1.68. The van der Waals surface area contributed by atoms with E-state index in [0.29, 0.717) is 11.6 Å². The first-order valence-corrected chi connectivity index (χ1v) is 5.21. The lowest BCUT2D eigenvalue weighted by molar-refractivity contribution is 0.978. The third-order valence-corrected chi connectivity index (χ3v) is 2.56. The Balaban J connectivity index is 2.18. The van der Waals surface area contributed by atoms with Crippen LogP contribution in [0, 0.1) is 0 Å². The maximum atomic E-state index is 5.81. The molecule has 3 aromatic rings. The Morgan fingerprint density at radius 3 is 2.41 bits per heavy atom. The van der Waals surface area contributed by atoms with Crippen LogP contribution in [-0.2, 0) is 0 Å². The Kier molecular flexibility index (Phi) is 1.98. The van der Waals surface area contributed by atoms with Crippen molar-refractivity contribution in [1.82, 2.24) is 14.6 Å². The molecule has 0 spiro atoms. The standard InChI is InChI=1S/C12H11N5/c13-9-6-4-8(5-7-9)12-15-11-3-1-2-10(14)17(11)16-12/h1-7H,13-14H2. The maximum Gasteiger partial charge on any atom is 0.182 e. The second-order valence-corrected chi connectivity index (χ2v) is 3.78. The largest absolute Gasteiger partial charge is 0.399 e. The molecular formula is C12H11N5. The summed E-state index contributed by atoms with van der Waals surface area (Å²) in [5, 5.41) is 4.35. The topological polar surface area (TPSA) is 82.2 Å². The van der Waals surface area contributed by atoms with Crippen LogP contribution < -0.4 is 11.5 Å². The summed E-state index contributed by atoms with van der Waals surface area (Å²) in [6.45, 7) is 0. The molecule has 2 aromatic heterocycles. The van der Waals surface area contributed by atoms with Gasteiger partial charge in [-0.2, -0.15) is 4.52 Å². The summed E-state index contributed by atoms with van der Waals surface area (Å²) < 4.78 is 1.62. The van der Waals surface area contributed by atoms with Gasteiger partial charge in [0.15, 0.2) is 11.5 Å². The maximum absolute atomic E-state index is 5.81. The number of aromatic nitrogens is 3. The van der Waals surface area contributed by atoms with Crippen molar-refractivity contribution in [3.05, 3.63) is 42.5 Å². The number of hydrogen-bond donors (Lipinski definition) is 2. The second-order valence-electron chi connectivity index (χ2n) is 3.78. The molecule has 0 bridgehead atoms. The first kappa shape index (κ1) is 9.65. The van der Waals surface area contributed by atoms with Gasteiger partial charge >= 0.3 is 0 Å². The van der Waals surface area contributed by atoms with Crippen molar-refractivity contribution in [2.75, 3.05) is 11.5 Å². The highest BCUT2D eigenvalue weighted by molar-refractivity contribution is 5.61. The average molecular weight is 225 g/mol. The summed E-state index contributed by atoms with van der Waals surface area (Å²) in [6.07, 6.45) is 0.